The molecule has 0 radical (unpaired) electrons. The minimum Gasteiger partial charge on any atom is -0.756 e. The maximum atomic E-state index is 12.7. The first-order valence-electron chi connectivity index (χ1n) is 23.9. The van der Waals surface area contributed by atoms with Crippen LogP contribution in [0, 0.1) is 0 Å². The number of hydrogen-bond donors (Lipinski definition) is 0. The highest BCUT2D eigenvalue weighted by Crippen LogP contribution is 2.38. The number of phosphoric acid groups is 1. The first kappa shape index (κ1) is 56.5. The van der Waals surface area contributed by atoms with E-state index in [1.807, 2.05) is 21.1 Å². The summed E-state index contributed by atoms with van der Waals surface area (Å²) in [6, 6.07) is 0. The average Bonchev–Trinajstić information content (AvgIpc) is 3.18. The van der Waals surface area contributed by atoms with Gasteiger partial charge in [0.25, 0.3) is 7.82 Å². The van der Waals surface area contributed by atoms with Crippen molar-refractivity contribution in [2.45, 2.75) is 206 Å². The van der Waals surface area contributed by atoms with Crippen LogP contribution in [0.3, 0.4) is 0 Å². The summed E-state index contributed by atoms with van der Waals surface area (Å²) in [6.45, 7) is 5.36. The molecular weight excluding hydrogens is 746 g/mol. The van der Waals surface area contributed by atoms with E-state index in [4.69, 9.17) is 18.5 Å². The molecule has 0 aromatic carbocycles. The number of nitrogens with zero attached hydrogens (tertiary/aromatic N) is 1. The molecule has 0 amide bonds. The van der Waals surface area contributed by atoms with E-state index in [1.54, 1.807) is 0 Å². The van der Waals surface area contributed by atoms with Gasteiger partial charge in [0.05, 0.1) is 34.4 Å². The number of carbonyl (C=O) groups is 1. The van der Waals surface area contributed by atoms with E-state index < -0.39 is 13.9 Å². The summed E-state index contributed by atoms with van der Waals surface area (Å²) < 4.78 is 34.7. The summed E-state index contributed by atoms with van der Waals surface area (Å²) in [5, 5.41) is 0. The number of rotatable bonds is 44. The van der Waals surface area contributed by atoms with Crippen LogP contribution >= 0.6 is 7.82 Å². The summed E-state index contributed by atoms with van der Waals surface area (Å²) in [4.78, 5) is 25.1. The van der Waals surface area contributed by atoms with Gasteiger partial charge in [0.15, 0.2) is 0 Å². The van der Waals surface area contributed by atoms with Crippen LogP contribution in [0.25, 0.3) is 0 Å². The van der Waals surface area contributed by atoms with Crippen molar-refractivity contribution in [1.29, 1.82) is 0 Å². The molecule has 58 heavy (non-hydrogen) atoms. The lowest BCUT2D eigenvalue weighted by molar-refractivity contribution is -0.870. The summed E-state index contributed by atoms with van der Waals surface area (Å²) >= 11 is 0. The van der Waals surface area contributed by atoms with Gasteiger partial charge in [0.1, 0.15) is 19.3 Å². The van der Waals surface area contributed by atoms with Crippen molar-refractivity contribution in [2.75, 3.05) is 54.1 Å². The van der Waals surface area contributed by atoms with E-state index in [1.165, 1.54) is 122 Å². The van der Waals surface area contributed by atoms with Gasteiger partial charge in [-0.1, -0.05) is 165 Å². The van der Waals surface area contributed by atoms with Gasteiger partial charge in [0, 0.05) is 13.0 Å². The lowest BCUT2D eigenvalue weighted by Crippen LogP contribution is -2.37. The molecule has 0 spiro atoms. The lowest BCUT2D eigenvalue weighted by Gasteiger charge is -2.28. The molecular formula is C49H92NO7P. The number of phosphoric ester groups is 1. The van der Waals surface area contributed by atoms with Crippen LogP contribution in [0.1, 0.15) is 200 Å². The number of esters is 1. The zero-order valence-electron chi connectivity index (χ0n) is 38.5. The molecule has 2 atom stereocenters. The number of allylic oxidation sites excluding steroid dienone is 8. The van der Waals surface area contributed by atoms with Crippen molar-refractivity contribution in [3.63, 3.8) is 0 Å². The Morgan fingerprint density at radius 2 is 0.948 bits per heavy atom. The molecule has 0 aliphatic heterocycles. The second-order valence-electron chi connectivity index (χ2n) is 17.1. The largest absolute Gasteiger partial charge is 0.756 e. The Kier molecular flexibility index (Phi) is 41.0. The van der Waals surface area contributed by atoms with Crippen molar-refractivity contribution in [3.05, 3.63) is 48.6 Å². The van der Waals surface area contributed by atoms with Gasteiger partial charge in [-0.05, 0) is 77.0 Å². The third-order valence-electron chi connectivity index (χ3n) is 10.1. The van der Waals surface area contributed by atoms with Gasteiger partial charge in [-0.15, -0.1) is 0 Å². The third kappa shape index (κ3) is 45.5. The fraction of sp³-hybridized carbons (Fsp3) is 0.816. The normalized spacial score (nSPS) is 14.1. The van der Waals surface area contributed by atoms with E-state index in [0.717, 1.165) is 57.8 Å². The molecule has 0 fully saturated rings. The van der Waals surface area contributed by atoms with Crippen molar-refractivity contribution in [2.24, 2.45) is 0 Å². The highest BCUT2D eigenvalue weighted by atomic mass is 31.2. The second kappa shape index (κ2) is 42.2. The van der Waals surface area contributed by atoms with E-state index in [9.17, 15) is 14.3 Å². The fourth-order valence-electron chi connectivity index (χ4n) is 6.37. The van der Waals surface area contributed by atoms with Crippen LogP contribution in [-0.2, 0) is 27.9 Å². The molecule has 0 bridgehead atoms. The molecule has 0 saturated heterocycles. The van der Waals surface area contributed by atoms with E-state index in [2.05, 4.69) is 62.5 Å². The van der Waals surface area contributed by atoms with Crippen molar-refractivity contribution < 1.29 is 37.3 Å². The van der Waals surface area contributed by atoms with E-state index in [0.29, 0.717) is 24.1 Å². The number of unbranched alkanes of at least 4 members (excludes halogenated alkanes) is 22. The number of quaternary nitrogens is 1. The highest BCUT2D eigenvalue weighted by molar-refractivity contribution is 7.45. The topological polar surface area (TPSA) is 94.1 Å². The van der Waals surface area contributed by atoms with Crippen LogP contribution in [0.2, 0.25) is 0 Å². The molecule has 0 rings (SSSR count). The zero-order chi connectivity index (χ0) is 42.7. The first-order valence-corrected chi connectivity index (χ1v) is 25.3. The molecule has 0 heterocycles. The Balaban J connectivity index is 4.24. The van der Waals surface area contributed by atoms with Gasteiger partial charge in [0.2, 0.25) is 0 Å². The van der Waals surface area contributed by atoms with Crippen LogP contribution in [-0.4, -0.2) is 70.7 Å². The average molecular weight is 838 g/mol. The molecule has 340 valence electrons. The van der Waals surface area contributed by atoms with E-state index in [-0.39, 0.29) is 25.8 Å². The van der Waals surface area contributed by atoms with Crippen LogP contribution in [0.15, 0.2) is 48.6 Å². The predicted octanol–water partition coefficient (Wildman–Crippen LogP) is 13.7. The van der Waals surface area contributed by atoms with Crippen LogP contribution in [0.4, 0.5) is 0 Å². The molecule has 0 aromatic rings. The Hall–Kier alpha value is -1.54. The number of hydrogen-bond acceptors (Lipinski definition) is 7. The molecule has 0 aromatic heterocycles. The Labute approximate surface area is 358 Å². The molecule has 0 N–H and O–H groups in total. The fourth-order valence-corrected chi connectivity index (χ4v) is 7.10. The van der Waals surface area contributed by atoms with E-state index >= 15 is 0 Å². The van der Waals surface area contributed by atoms with Crippen LogP contribution in [0.5, 0.6) is 0 Å². The SMILES string of the molecule is CCCCC/C=C\C/C=C\C/C=C\CCCCCCCCC(=O)OC(COCCCCCCCC/C=C\CCCCCCCCC)COP(=O)([O-])OCC[N+](C)(C)C. The Morgan fingerprint density at radius 1 is 0.534 bits per heavy atom. The summed E-state index contributed by atoms with van der Waals surface area (Å²) in [7, 11) is 1.34. The number of carbonyl (C=O) groups excluding carboxylic acids is 1. The van der Waals surface area contributed by atoms with Gasteiger partial charge in [-0.3, -0.25) is 9.36 Å². The van der Waals surface area contributed by atoms with Gasteiger partial charge in [-0.2, -0.15) is 0 Å². The van der Waals surface area contributed by atoms with Gasteiger partial charge < -0.3 is 27.9 Å². The van der Waals surface area contributed by atoms with Gasteiger partial charge in [-0.25, -0.2) is 0 Å². The molecule has 8 nitrogen and oxygen atoms in total. The summed E-state index contributed by atoms with van der Waals surface area (Å²) in [5.74, 6) is -0.348. The number of ether oxygens (including phenoxy) is 2. The molecule has 0 aliphatic rings. The zero-order valence-corrected chi connectivity index (χ0v) is 39.4. The van der Waals surface area contributed by atoms with Crippen molar-refractivity contribution >= 4 is 13.8 Å². The van der Waals surface area contributed by atoms with Crippen LogP contribution < -0.4 is 4.89 Å². The molecule has 2 unspecified atom stereocenters. The van der Waals surface area contributed by atoms with Gasteiger partial charge >= 0.3 is 5.97 Å². The standard InChI is InChI=1S/C49H92NO7P/c1-6-8-10-12-14-16-18-20-22-24-25-26-28-30-32-34-36-38-40-42-49(51)57-48(47-56-58(52,53)55-45-43-50(3,4)5)46-54-44-41-39-37-35-33-31-29-27-23-21-19-17-15-13-11-9-7-2/h14,16,20,22-23,25-27,48H,6-13,15,17-19,21,24,28-47H2,1-5H3/b16-14-,22-20-,26-25-,27-23-. The minimum atomic E-state index is -4.53. The summed E-state index contributed by atoms with van der Waals surface area (Å²) in [5.41, 5.74) is 0. The monoisotopic (exact) mass is 838 g/mol. The lowest BCUT2D eigenvalue weighted by atomic mass is 10.1. The maximum absolute atomic E-state index is 12.7. The number of likely N-dealkylation sites (N-methyl/N-ethyl adjacent to an activating group) is 1. The third-order valence-corrected chi connectivity index (χ3v) is 11.1. The molecule has 9 heteroatoms. The van der Waals surface area contributed by atoms with Crippen molar-refractivity contribution in [1.82, 2.24) is 0 Å². The Morgan fingerprint density at radius 3 is 1.47 bits per heavy atom. The smallest absolute Gasteiger partial charge is 0.306 e. The minimum absolute atomic E-state index is 0.0209. The Bertz CT molecular complexity index is 1070. The molecule has 0 saturated carbocycles. The first-order chi connectivity index (χ1) is 28.1. The summed E-state index contributed by atoms with van der Waals surface area (Å²) in [6.07, 6.45) is 51.2. The maximum Gasteiger partial charge on any atom is 0.306 e. The second-order valence-corrected chi connectivity index (χ2v) is 18.5. The quantitative estimate of drug-likeness (QED) is 0.0198. The van der Waals surface area contributed by atoms with Crippen molar-refractivity contribution in [3.8, 4) is 0 Å². The highest BCUT2D eigenvalue weighted by Gasteiger charge is 2.20. The predicted molar refractivity (Wildman–Crippen MR) is 245 cm³/mol. The molecule has 0 aliphatic carbocycles.